The average molecular weight is 156 g/mol. The number of hydrogen-bond acceptors (Lipinski definition) is 2. The second kappa shape index (κ2) is 2.64. The molecule has 11 heavy (non-hydrogen) atoms. The van der Waals surface area contributed by atoms with Gasteiger partial charge in [-0.15, -0.1) is 0 Å². The molecule has 0 aromatic rings. The molecule has 0 unspecified atom stereocenters. The van der Waals surface area contributed by atoms with Crippen LogP contribution >= 0.6 is 0 Å². The van der Waals surface area contributed by atoms with Crippen molar-refractivity contribution in [3.63, 3.8) is 0 Å². The number of Topliss-reactive ketones (excluding diaryl/α,β-unsaturated/α-hetero) is 1. The monoisotopic (exact) mass is 156 g/mol. The summed E-state index contributed by atoms with van der Waals surface area (Å²) in [4.78, 5) is 21.3. The Balaban J connectivity index is 2.60. The summed E-state index contributed by atoms with van der Waals surface area (Å²) in [7, 11) is 0. The Bertz CT molecular complexity index is 188. The van der Waals surface area contributed by atoms with Crippen LogP contribution in [-0.2, 0) is 9.59 Å². The molecule has 0 saturated heterocycles. The Hall–Kier alpha value is -0.860. The number of carbonyl (C=O) groups excluding carboxylic acids is 1. The molecule has 0 atom stereocenters. The molecule has 1 rings (SSSR count). The molecule has 1 aliphatic rings. The van der Waals surface area contributed by atoms with E-state index in [2.05, 4.69) is 0 Å². The molecule has 1 fully saturated rings. The highest BCUT2D eigenvalue weighted by Crippen LogP contribution is 2.42. The third-order valence-corrected chi connectivity index (χ3v) is 2.25. The van der Waals surface area contributed by atoms with Gasteiger partial charge in [0.1, 0.15) is 5.78 Å². The van der Waals surface area contributed by atoms with Crippen molar-refractivity contribution in [1.29, 1.82) is 0 Å². The van der Waals surface area contributed by atoms with Crippen LogP contribution in [0.4, 0.5) is 0 Å². The third-order valence-electron chi connectivity index (χ3n) is 2.25. The quantitative estimate of drug-likeness (QED) is 0.668. The Morgan fingerprint density at radius 3 is 2.45 bits per heavy atom. The summed E-state index contributed by atoms with van der Waals surface area (Å²) in [5.41, 5.74) is -0.689. The van der Waals surface area contributed by atoms with E-state index in [1.165, 1.54) is 0 Å². The maximum absolute atomic E-state index is 10.7. The van der Waals surface area contributed by atoms with Gasteiger partial charge in [-0.1, -0.05) is 13.3 Å². The van der Waals surface area contributed by atoms with Gasteiger partial charge in [0.2, 0.25) is 0 Å². The number of hydrogen-bond donors (Lipinski definition) is 1. The van der Waals surface area contributed by atoms with E-state index < -0.39 is 11.4 Å². The minimum atomic E-state index is -0.807. The van der Waals surface area contributed by atoms with Gasteiger partial charge < -0.3 is 5.11 Å². The summed E-state index contributed by atoms with van der Waals surface area (Å²) >= 11 is 0. The SMILES string of the molecule is CCCC1(C(=O)O)CC(=O)C1. The van der Waals surface area contributed by atoms with Gasteiger partial charge in [-0.05, 0) is 6.42 Å². The van der Waals surface area contributed by atoms with Crippen molar-refractivity contribution in [3.8, 4) is 0 Å². The summed E-state index contributed by atoms with van der Waals surface area (Å²) in [5, 5.41) is 8.78. The molecular formula is C8H12O3. The largest absolute Gasteiger partial charge is 0.481 e. The summed E-state index contributed by atoms with van der Waals surface area (Å²) in [6.07, 6.45) is 1.96. The van der Waals surface area contributed by atoms with Crippen LogP contribution in [0.1, 0.15) is 32.6 Å². The molecule has 1 aliphatic carbocycles. The molecule has 0 spiro atoms. The molecule has 0 bridgehead atoms. The molecule has 0 heterocycles. The number of carboxylic acids is 1. The first-order valence-corrected chi connectivity index (χ1v) is 3.86. The number of ketones is 1. The number of carboxylic acid groups (broad SMARTS) is 1. The molecule has 3 heteroatoms. The Labute approximate surface area is 65.4 Å². The number of rotatable bonds is 3. The van der Waals surface area contributed by atoms with Gasteiger partial charge in [0.05, 0.1) is 5.41 Å². The van der Waals surface area contributed by atoms with E-state index in [0.29, 0.717) is 6.42 Å². The zero-order valence-electron chi connectivity index (χ0n) is 6.59. The Morgan fingerprint density at radius 2 is 2.18 bits per heavy atom. The molecule has 3 nitrogen and oxygen atoms in total. The lowest BCUT2D eigenvalue weighted by Crippen LogP contribution is -2.44. The van der Waals surface area contributed by atoms with E-state index in [4.69, 9.17) is 5.11 Å². The molecule has 0 aromatic heterocycles. The van der Waals surface area contributed by atoms with Gasteiger partial charge in [-0.2, -0.15) is 0 Å². The fourth-order valence-electron chi connectivity index (χ4n) is 1.62. The Kier molecular flexibility index (Phi) is 1.98. The van der Waals surface area contributed by atoms with Crippen molar-refractivity contribution < 1.29 is 14.7 Å². The highest BCUT2D eigenvalue weighted by molar-refractivity contribution is 5.96. The van der Waals surface area contributed by atoms with Gasteiger partial charge in [-0.25, -0.2) is 0 Å². The zero-order valence-corrected chi connectivity index (χ0v) is 6.59. The molecule has 0 aliphatic heterocycles. The second-order valence-corrected chi connectivity index (χ2v) is 3.23. The van der Waals surface area contributed by atoms with Crippen LogP contribution < -0.4 is 0 Å². The van der Waals surface area contributed by atoms with E-state index in [0.717, 1.165) is 6.42 Å². The van der Waals surface area contributed by atoms with E-state index in [9.17, 15) is 9.59 Å². The highest BCUT2D eigenvalue weighted by atomic mass is 16.4. The van der Waals surface area contributed by atoms with Crippen LogP contribution in [0.15, 0.2) is 0 Å². The second-order valence-electron chi connectivity index (χ2n) is 3.23. The third kappa shape index (κ3) is 1.27. The van der Waals surface area contributed by atoms with Gasteiger partial charge in [0, 0.05) is 12.8 Å². The smallest absolute Gasteiger partial charge is 0.310 e. The lowest BCUT2D eigenvalue weighted by molar-refractivity contribution is -0.161. The lowest BCUT2D eigenvalue weighted by Gasteiger charge is -2.35. The standard InChI is InChI=1S/C8H12O3/c1-2-3-8(7(10)11)4-6(9)5-8/h2-5H2,1H3,(H,10,11). The fourth-order valence-corrected chi connectivity index (χ4v) is 1.62. The summed E-state index contributed by atoms with van der Waals surface area (Å²) < 4.78 is 0. The van der Waals surface area contributed by atoms with Crippen LogP contribution in [0, 0.1) is 5.41 Å². The van der Waals surface area contributed by atoms with Crippen molar-refractivity contribution in [3.05, 3.63) is 0 Å². The van der Waals surface area contributed by atoms with E-state index in [1.54, 1.807) is 0 Å². The molecule has 0 amide bonds. The van der Waals surface area contributed by atoms with Gasteiger partial charge >= 0.3 is 5.97 Å². The predicted octanol–water partition coefficient (Wildman–Crippen LogP) is 1.22. The molecule has 62 valence electrons. The highest BCUT2D eigenvalue weighted by Gasteiger charge is 2.48. The van der Waals surface area contributed by atoms with Gasteiger partial charge in [-0.3, -0.25) is 9.59 Å². The number of carbonyl (C=O) groups is 2. The first-order chi connectivity index (χ1) is 5.10. The minimum Gasteiger partial charge on any atom is -0.481 e. The summed E-state index contributed by atoms with van der Waals surface area (Å²) in [6, 6.07) is 0. The van der Waals surface area contributed by atoms with Crippen molar-refractivity contribution >= 4 is 11.8 Å². The van der Waals surface area contributed by atoms with Crippen LogP contribution in [-0.4, -0.2) is 16.9 Å². The zero-order chi connectivity index (χ0) is 8.48. The minimum absolute atomic E-state index is 0.0841. The van der Waals surface area contributed by atoms with E-state index in [1.807, 2.05) is 6.92 Å². The van der Waals surface area contributed by atoms with Crippen LogP contribution in [0.3, 0.4) is 0 Å². The molecule has 0 radical (unpaired) electrons. The molecule has 1 saturated carbocycles. The average Bonchev–Trinajstić information content (AvgIpc) is 1.84. The Morgan fingerprint density at radius 1 is 1.64 bits per heavy atom. The van der Waals surface area contributed by atoms with Crippen LogP contribution in [0.25, 0.3) is 0 Å². The molecular weight excluding hydrogens is 144 g/mol. The lowest BCUT2D eigenvalue weighted by atomic mass is 9.65. The summed E-state index contributed by atoms with van der Waals surface area (Å²) in [6.45, 7) is 1.94. The van der Waals surface area contributed by atoms with Crippen LogP contribution in [0.5, 0.6) is 0 Å². The number of aliphatic carboxylic acids is 1. The van der Waals surface area contributed by atoms with Crippen molar-refractivity contribution in [1.82, 2.24) is 0 Å². The molecule has 1 N–H and O–H groups in total. The van der Waals surface area contributed by atoms with E-state index >= 15 is 0 Å². The first kappa shape index (κ1) is 8.24. The van der Waals surface area contributed by atoms with E-state index in [-0.39, 0.29) is 18.6 Å². The van der Waals surface area contributed by atoms with Crippen LogP contribution in [0.2, 0.25) is 0 Å². The maximum atomic E-state index is 10.7. The predicted molar refractivity (Wildman–Crippen MR) is 39.2 cm³/mol. The van der Waals surface area contributed by atoms with Crippen molar-refractivity contribution in [2.75, 3.05) is 0 Å². The van der Waals surface area contributed by atoms with Gasteiger partial charge in [0.15, 0.2) is 0 Å². The fraction of sp³-hybridized carbons (Fsp3) is 0.750. The normalized spacial score (nSPS) is 21.0. The maximum Gasteiger partial charge on any atom is 0.310 e. The topological polar surface area (TPSA) is 54.4 Å². The van der Waals surface area contributed by atoms with Crippen molar-refractivity contribution in [2.45, 2.75) is 32.6 Å². The first-order valence-electron chi connectivity index (χ1n) is 3.86. The van der Waals surface area contributed by atoms with Crippen molar-refractivity contribution in [2.24, 2.45) is 5.41 Å². The summed E-state index contributed by atoms with van der Waals surface area (Å²) in [5.74, 6) is -0.722. The molecule has 0 aromatic carbocycles. The van der Waals surface area contributed by atoms with Gasteiger partial charge in [0.25, 0.3) is 0 Å².